The van der Waals surface area contributed by atoms with E-state index in [0.717, 1.165) is 19.4 Å². The van der Waals surface area contributed by atoms with Gasteiger partial charge in [0.05, 0.1) is 11.7 Å². The molecular formula is C14H25N3S. The van der Waals surface area contributed by atoms with Crippen LogP contribution >= 0.6 is 11.8 Å². The molecule has 0 amide bonds. The summed E-state index contributed by atoms with van der Waals surface area (Å²) in [5, 5.41) is 8.31. The molecule has 1 aromatic heterocycles. The van der Waals surface area contributed by atoms with Gasteiger partial charge in [-0.2, -0.15) is 16.9 Å². The number of hydrogen-bond acceptors (Lipinski definition) is 3. The van der Waals surface area contributed by atoms with Crippen LogP contribution in [0.2, 0.25) is 0 Å². The molecule has 0 saturated carbocycles. The summed E-state index contributed by atoms with van der Waals surface area (Å²) in [5.74, 6) is 2.59. The fourth-order valence-corrected chi connectivity index (χ4v) is 3.59. The Morgan fingerprint density at radius 2 is 2.33 bits per heavy atom. The topological polar surface area (TPSA) is 29.9 Å². The molecule has 18 heavy (non-hydrogen) atoms. The van der Waals surface area contributed by atoms with E-state index in [2.05, 4.69) is 53.0 Å². The molecule has 0 radical (unpaired) electrons. The first-order valence-corrected chi connectivity index (χ1v) is 8.34. The molecule has 1 aromatic rings. The fourth-order valence-electron chi connectivity index (χ4n) is 2.49. The summed E-state index contributed by atoms with van der Waals surface area (Å²) in [4.78, 5) is 0. The third kappa shape index (κ3) is 3.75. The van der Waals surface area contributed by atoms with E-state index in [-0.39, 0.29) is 0 Å². The molecule has 0 aromatic carbocycles. The van der Waals surface area contributed by atoms with E-state index in [1.165, 1.54) is 30.0 Å². The molecule has 4 heteroatoms. The van der Waals surface area contributed by atoms with Crippen molar-refractivity contribution in [2.24, 2.45) is 0 Å². The Kier molecular flexibility index (Phi) is 5.57. The van der Waals surface area contributed by atoms with Crippen molar-refractivity contribution in [1.29, 1.82) is 0 Å². The third-order valence-electron chi connectivity index (χ3n) is 3.71. The van der Waals surface area contributed by atoms with Gasteiger partial charge in [-0.25, -0.2) is 0 Å². The lowest BCUT2D eigenvalue weighted by Gasteiger charge is -2.22. The van der Waals surface area contributed by atoms with Crippen molar-refractivity contribution in [2.45, 2.75) is 58.2 Å². The van der Waals surface area contributed by atoms with Gasteiger partial charge < -0.3 is 5.32 Å². The molecule has 0 spiro atoms. The fraction of sp³-hybridized carbons (Fsp3) is 0.786. The molecule has 1 aliphatic heterocycles. The summed E-state index contributed by atoms with van der Waals surface area (Å²) in [5.41, 5.74) is 1.18. The Bertz CT molecular complexity index is 341. The van der Waals surface area contributed by atoms with E-state index in [1.54, 1.807) is 0 Å². The largest absolute Gasteiger partial charge is 0.307 e. The van der Waals surface area contributed by atoms with Gasteiger partial charge >= 0.3 is 0 Å². The Hall–Kier alpha value is -0.480. The normalized spacial score (nSPS) is 20.5. The highest BCUT2D eigenvalue weighted by atomic mass is 32.2. The van der Waals surface area contributed by atoms with Gasteiger partial charge in [-0.1, -0.05) is 13.8 Å². The Morgan fingerprint density at radius 1 is 1.50 bits per heavy atom. The monoisotopic (exact) mass is 267 g/mol. The van der Waals surface area contributed by atoms with Crippen LogP contribution in [0.15, 0.2) is 12.3 Å². The van der Waals surface area contributed by atoms with Crippen LogP contribution in [0.4, 0.5) is 0 Å². The van der Waals surface area contributed by atoms with E-state index >= 15 is 0 Å². The number of nitrogens with one attached hydrogen (secondary N) is 1. The Labute approximate surface area is 115 Å². The standard InChI is InChI=1S/C14H25N3S/c1-3-14(4-2)17-8-7-12(16-17)10-15-13-6-5-9-18-11-13/h7-8,13-15H,3-6,9-11H2,1-2H3. The highest BCUT2D eigenvalue weighted by molar-refractivity contribution is 7.99. The van der Waals surface area contributed by atoms with Crippen molar-refractivity contribution in [2.75, 3.05) is 11.5 Å². The molecule has 1 saturated heterocycles. The van der Waals surface area contributed by atoms with Crippen molar-refractivity contribution in [3.05, 3.63) is 18.0 Å². The van der Waals surface area contributed by atoms with Gasteiger partial charge in [0.1, 0.15) is 0 Å². The van der Waals surface area contributed by atoms with Crippen LogP contribution < -0.4 is 5.32 Å². The number of aromatic nitrogens is 2. The zero-order chi connectivity index (χ0) is 12.8. The second kappa shape index (κ2) is 7.19. The lowest BCUT2D eigenvalue weighted by atomic mass is 10.2. The van der Waals surface area contributed by atoms with Crippen molar-refractivity contribution in [3.8, 4) is 0 Å². The molecule has 0 bridgehead atoms. The van der Waals surface area contributed by atoms with Gasteiger partial charge in [0.2, 0.25) is 0 Å². The molecule has 2 rings (SSSR count). The highest BCUT2D eigenvalue weighted by Gasteiger charge is 2.13. The third-order valence-corrected chi connectivity index (χ3v) is 4.93. The maximum absolute atomic E-state index is 4.68. The second-order valence-corrected chi connectivity index (χ2v) is 6.20. The maximum atomic E-state index is 4.68. The van der Waals surface area contributed by atoms with E-state index in [1.807, 2.05) is 0 Å². The molecule has 1 unspecified atom stereocenters. The van der Waals surface area contributed by atoms with Gasteiger partial charge in [0.15, 0.2) is 0 Å². The minimum atomic E-state index is 0.559. The van der Waals surface area contributed by atoms with Crippen LogP contribution in [0, 0.1) is 0 Å². The zero-order valence-corrected chi connectivity index (χ0v) is 12.4. The van der Waals surface area contributed by atoms with E-state index in [0.29, 0.717) is 12.1 Å². The predicted octanol–water partition coefficient (Wildman–Crippen LogP) is 3.23. The molecule has 0 aliphatic carbocycles. The summed E-state index contributed by atoms with van der Waals surface area (Å²) in [6.45, 7) is 5.37. The minimum Gasteiger partial charge on any atom is -0.307 e. The van der Waals surface area contributed by atoms with Crippen LogP contribution in [0.3, 0.4) is 0 Å². The molecule has 102 valence electrons. The SMILES string of the molecule is CCC(CC)n1ccc(CNC2CCCSC2)n1. The molecule has 1 N–H and O–H groups in total. The smallest absolute Gasteiger partial charge is 0.0762 e. The summed E-state index contributed by atoms with van der Waals surface area (Å²) >= 11 is 2.07. The van der Waals surface area contributed by atoms with Crippen LogP contribution in [0.1, 0.15) is 51.3 Å². The van der Waals surface area contributed by atoms with Crippen LogP contribution in [-0.2, 0) is 6.54 Å². The molecular weight excluding hydrogens is 242 g/mol. The second-order valence-electron chi connectivity index (χ2n) is 5.05. The van der Waals surface area contributed by atoms with E-state index in [9.17, 15) is 0 Å². The van der Waals surface area contributed by atoms with Crippen LogP contribution in [0.5, 0.6) is 0 Å². The Balaban J connectivity index is 1.82. The molecule has 1 atom stereocenters. The maximum Gasteiger partial charge on any atom is 0.0762 e. The van der Waals surface area contributed by atoms with Gasteiger partial charge in [0, 0.05) is 24.5 Å². The minimum absolute atomic E-state index is 0.559. The van der Waals surface area contributed by atoms with E-state index < -0.39 is 0 Å². The predicted molar refractivity (Wildman–Crippen MR) is 79.0 cm³/mol. The average molecular weight is 267 g/mol. The highest BCUT2D eigenvalue weighted by Crippen LogP contribution is 2.18. The number of nitrogens with zero attached hydrogens (tertiary/aromatic N) is 2. The van der Waals surface area contributed by atoms with Crippen LogP contribution in [-0.4, -0.2) is 27.3 Å². The van der Waals surface area contributed by atoms with Gasteiger partial charge in [0.25, 0.3) is 0 Å². The number of rotatable bonds is 6. The molecule has 2 heterocycles. The molecule has 1 aliphatic rings. The van der Waals surface area contributed by atoms with Crippen molar-refractivity contribution >= 4 is 11.8 Å². The first-order chi connectivity index (χ1) is 8.83. The quantitative estimate of drug-likeness (QED) is 0.858. The molecule has 1 fully saturated rings. The first kappa shape index (κ1) is 13.9. The Morgan fingerprint density at radius 3 is 3.00 bits per heavy atom. The number of hydrogen-bond donors (Lipinski definition) is 1. The lowest BCUT2D eigenvalue weighted by Crippen LogP contribution is -2.33. The molecule has 3 nitrogen and oxygen atoms in total. The lowest BCUT2D eigenvalue weighted by molar-refractivity contribution is 0.421. The zero-order valence-electron chi connectivity index (χ0n) is 11.6. The van der Waals surface area contributed by atoms with Crippen molar-refractivity contribution in [3.63, 3.8) is 0 Å². The first-order valence-electron chi connectivity index (χ1n) is 7.18. The van der Waals surface area contributed by atoms with Gasteiger partial charge in [-0.3, -0.25) is 4.68 Å². The summed E-state index contributed by atoms with van der Waals surface area (Å²) in [6, 6.07) is 3.40. The summed E-state index contributed by atoms with van der Waals surface area (Å²) < 4.78 is 2.13. The van der Waals surface area contributed by atoms with Crippen LogP contribution in [0.25, 0.3) is 0 Å². The average Bonchev–Trinajstić information content (AvgIpc) is 2.88. The van der Waals surface area contributed by atoms with Gasteiger partial charge in [-0.15, -0.1) is 0 Å². The number of thioether (sulfide) groups is 1. The van der Waals surface area contributed by atoms with E-state index in [4.69, 9.17) is 0 Å². The summed E-state index contributed by atoms with van der Waals surface area (Å²) in [7, 11) is 0. The summed E-state index contributed by atoms with van der Waals surface area (Å²) in [6.07, 6.45) is 7.11. The van der Waals surface area contributed by atoms with Crippen molar-refractivity contribution < 1.29 is 0 Å². The van der Waals surface area contributed by atoms with Gasteiger partial charge in [-0.05, 0) is 37.5 Å². The van der Waals surface area contributed by atoms with Crippen molar-refractivity contribution in [1.82, 2.24) is 15.1 Å².